The van der Waals surface area contributed by atoms with E-state index in [-0.39, 0.29) is 5.91 Å². The molecule has 0 bridgehead atoms. The van der Waals surface area contributed by atoms with E-state index in [1.54, 1.807) is 4.68 Å². The van der Waals surface area contributed by atoms with E-state index in [9.17, 15) is 4.79 Å². The van der Waals surface area contributed by atoms with Crippen LogP contribution in [0.2, 0.25) is 0 Å². The lowest BCUT2D eigenvalue weighted by Gasteiger charge is -2.23. The van der Waals surface area contributed by atoms with E-state index in [2.05, 4.69) is 6.92 Å². The highest BCUT2D eigenvalue weighted by molar-refractivity contribution is 5.94. The summed E-state index contributed by atoms with van der Waals surface area (Å²) in [6.45, 7) is 5.16. The fourth-order valence-electron chi connectivity index (χ4n) is 3.92. The standard InChI is InChI=1S/C28H29N3O2/c1-4-18-31(27(32)23-15-9-6-10-16-23)20-25-26(22-13-7-5-8-14-22)29-30(3)28(25)33-24-17-11-12-21(2)19-24/h5-17,19H,4,18,20H2,1-3H3. The second-order valence-corrected chi connectivity index (χ2v) is 8.13. The summed E-state index contributed by atoms with van der Waals surface area (Å²) in [5.74, 6) is 1.39. The predicted octanol–water partition coefficient (Wildman–Crippen LogP) is 6.24. The third kappa shape index (κ3) is 5.14. The number of carbonyl (C=O) groups excluding carboxylic acids is 1. The molecule has 168 valence electrons. The molecule has 4 rings (SSSR count). The van der Waals surface area contributed by atoms with Gasteiger partial charge in [-0.25, -0.2) is 4.68 Å². The van der Waals surface area contributed by atoms with Crippen LogP contribution < -0.4 is 4.74 Å². The quantitative estimate of drug-likeness (QED) is 0.326. The molecule has 0 aliphatic heterocycles. The second-order valence-electron chi connectivity index (χ2n) is 8.13. The molecule has 0 aliphatic carbocycles. The van der Waals surface area contributed by atoms with Gasteiger partial charge in [0.15, 0.2) is 0 Å². The highest BCUT2D eigenvalue weighted by Crippen LogP contribution is 2.34. The van der Waals surface area contributed by atoms with Crippen LogP contribution in [0.25, 0.3) is 11.3 Å². The van der Waals surface area contributed by atoms with E-state index in [1.165, 1.54) is 0 Å². The smallest absolute Gasteiger partial charge is 0.254 e. The van der Waals surface area contributed by atoms with Crippen molar-refractivity contribution in [3.8, 4) is 22.9 Å². The first-order valence-corrected chi connectivity index (χ1v) is 11.3. The zero-order chi connectivity index (χ0) is 23.2. The van der Waals surface area contributed by atoms with Gasteiger partial charge in [0.25, 0.3) is 5.91 Å². The van der Waals surface area contributed by atoms with Crippen molar-refractivity contribution in [1.29, 1.82) is 0 Å². The zero-order valence-electron chi connectivity index (χ0n) is 19.4. The van der Waals surface area contributed by atoms with Crippen LogP contribution in [0.5, 0.6) is 11.6 Å². The molecule has 0 spiro atoms. The van der Waals surface area contributed by atoms with Crippen LogP contribution in [0.1, 0.15) is 34.8 Å². The molecule has 0 fully saturated rings. The Labute approximate surface area is 195 Å². The van der Waals surface area contributed by atoms with Crippen molar-refractivity contribution in [2.75, 3.05) is 6.54 Å². The number of benzene rings is 3. The summed E-state index contributed by atoms with van der Waals surface area (Å²) >= 11 is 0. The number of aromatic nitrogens is 2. The van der Waals surface area contributed by atoms with Gasteiger partial charge in [0, 0.05) is 24.7 Å². The fourth-order valence-corrected chi connectivity index (χ4v) is 3.92. The molecule has 0 saturated heterocycles. The van der Waals surface area contributed by atoms with Gasteiger partial charge in [0.2, 0.25) is 5.88 Å². The van der Waals surface area contributed by atoms with Gasteiger partial charge < -0.3 is 9.64 Å². The number of ether oxygens (including phenoxy) is 1. The number of hydrogen-bond acceptors (Lipinski definition) is 3. The molecule has 0 saturated carbocycles. The number of nitrogens with zero attached hydrogens (tertiary/aromatic N) is 3. The average molecular weight is 440 g/mol. The Bertz CT molecular complexity index is 1220. The maximum atomic E-state index is 13.4. The number of aryl methyl sites for hydroxylation is 2. The van der Waals surface area contributed by atoms with Crippen LogP contribution in [0, 0.1) is 6.92 Å². The van der Waals surface area contributed by atoms with Crippen LogP contribution in [0.3, 0.4) is 0 Å². The largest absolute Gasteiger partial charge is 0.439 e. The highest BCUT2D eigenvalue weighted by Gasteiger charge is 2.24. The lowest BCUT2D eigenvalue weighted by molar-refractivity contribution is 0.0742. The summed E-state index contributed by atoms with van der Waals surface area (Å²) in [5, 5.41) is 4.80. The number of amides is 1. The average Bonchev–Trinajstić information content (AvgIpc) is 3.14. The van der Waals surface area contributed by atoms with Gasteiger partial charge in [-0.1, -0.05) is 67.6 Å². The van der Waals surface area contributed by atoms with E-state index in [0.29, 0.717) is 24.5 Å². The molecule has 5 nitrogen and oxygen atoms in total. The molecule has 3 aromatic carbocycles. The maximum Gasteiger partial charge on any atom is 0.254 e. The third-order valence-electron chi connectivity index (χ3n) is 5.49. The van der Waals surface area contributed by atoms with Gasteiger partial charge >= 0.3 is 0 Å². The van der Waals surface area contributed by atoms with Crippen molar-refractivity contribution < 1.29 is 9.53 Å². The van der Waals surface area contributed by atoms with Crippen LogP contribution >= 0.6 is 0 Å². The molecule has 1 aromatic heterocycles. The minimum Gasteiger partial charge on any atom is -0.439 e. The van der Waals surface area contributed by atoms with Crippen LogP contribution in [-0.4, -0.2) is 27.1 Å². The van der Waals surface area contributed by atoms with Crippen molar-refractivity contribution in [3.63, 3.8) is 0 Å². The Hall–Kier alpha value is -3.86. The number of carbonyl (C=O) groups is 1. The third-order valence-corrected chi connectivity index (χ3v) is 5.49. The van der Waals surface area contributed by atoms with Crippen molar-refractivity contribution in [3.05, 3.63) is 102 Å². The zero-order valence-corrected chi connectivity index (χ0v) is 19.4. The molecule has 0 unspecified atom stereocenters. The SMILES string of the molecule is CCCN(Cc1c(-c2ccccc2)nn(C)c1Oc1cccc(C)c1)C(=O)c1ccccc1. The minimum absolute atomic E-state index is 0.00169. The summed E-state index contributed by atoms with van der Waals surface area (Å²) < 4.78 is 8.11. The monoisotopic (exact) mass is 439 g/mol. The Morgan fingerprint density at radius 2 is 1.67 bits per heavy atom. The second kappa shape index (κ2) is 10.2. The fraction of sp³-hybridized carbons (Fsp3) is 0.214. The molecule has 4 aromatic rings. The maximum absolute atomic E-state index is 13.4. The van der Waals surface area contributed by atoms with Crippen LogP contribution in [-0.2, 0) is 13.6 Å². The molecular weight excluding hydrogens is 410 g/mol. The van der Waals surface area contributed by atoms with E-state index >= 15 is 0 Å². The summed E-state index contributed by atoms with van der Waals surface area (Å²) in [6.07, 6.45) is 0.855. The Kier molecular flexibility index (Phi) is 6.89. The Morgan fingerprint density at radius 3 is 2.33 bits per heavy atom. The minimum atomic E-state index is 0.00169. The lowest BCUT2D eigenvalue weighted by Crippen LogP contribution is -2.31. The summed E-state index contributed by atoms with van der Waals surface area (Å²) in [5.41, 5.74) is 4.50. The van der Waals surface area contributed by atoms with Gasteiger partial charge in [-0.15, -0.1) is 0 Å². The first kappa shape index (κ1) is 22.3. The van der Waals surface area contributed by atoms with Crippen LogP contribution in [0.4, 0.5) is 0 Å². The molecule has 0 aliphatic rings. The van der Waals surface area contributed by atoms with Crippen LogP contribution in [0.15, 0.2) is 84.9 Å². The number of hydrogen-bond donors (Lipinski definition) is 0. The van der Waals surface area contributed by atoms with E-state index in [4.69, 9.17) is 9.84 Å². The predicted molar refractivity (Wildman–Crippen MR) is 131 cm³/mol. The Balaban J connectivity index is 1.77. The van der Waals surface area contributed by atoms with Crippen molar-refractivity contribution >= 4 is 5.91 Å². The number of rotatable bonds is 8. The molecule has 5 heteroatoms. The molecular formula is C28H29N3O2. The van der Waals surface area contributed by atoms with E-state index in [1.807, 2.05) is 104 Å². The molecule has 0 N–H and O–H groups in total. The van der Waals surface area contributed by atoms with Crippen molar-refractivity contribution in [2.24, 2.45) is 7.05 Å². The molecule has 1 heterocycles. The highest BCUT2D eigenvalue weighted by atomic mass is 16.5. The van der Waals surface area contributed by atoms with Gasteiger partial charge in [-0.2, -0.15) is 5.10 Å². The molecule has 0 atom stereocenters. The van der Waals surface area contributed by atoms with Crippen molar-refractivity contribution in [1.82, 2.24) is 14.7 Å². The van der Waals surface area contributed by atoms with Gasteiger partial charge in [0.1, 0.15) is 11.4 Å². The molecule has 0 radical (unpaired) electrons. The summed E-state index contributed by atoms with van der Waals surface area (Å²) in [4.78, 5) is 15.2. The van der Waals surface area contributed by atoms with Gasteiger partial charge in [-0.05, 0) is 43.2 Å². The Morgan fingerprint density at radius 1 is 0.970 bits per heavy atom. The molecule has 33 heavy (non-hydrogen) atoms. The lowest BCUT2D eigenvalue weighted by atomic mass is 10.1. The molecule has 1 amide bonds. The first-order valence-electron chi connectivity index (χ1n) is 11.3. The first-order chi connectivity index (χ1) is 16.1. The van der Waals surface area contributed by atoms with E-state index in [0.717, 1.165) is 34.6 Å². The van der Waals surface area contributed by atoms with Gasteiger partial charge in [-0.3, -0.25) is 4.79 Å². The van der Waals surface area contributed by atoms with Crippen molar-refractivity contribution in [2.45, 2.75) is 26.8 Å². The normalized spacial score (nSPS) is 10.8. The van der Waals surface area contributed by atoms with Gasteiger partial charge in [0.05, 0.1) is 12.1 Å². The summed E-state index contributed by atoms with van der Waals surface area (Å²) in [7, 11) is 1.88. The van der Waals surface area contributed by atoms with E-state index < -0.39 is 0 Å². The summed E-state index contributed by atoms with van der Waals surface area (Å²) in [6, 6.07) is 27.4. The topological polar surface area (TPSA) is 47.4 Å².